The van der Waals surface area contributed by atoms with Gasteiger partial charge in [-0.05, 0) is 39.5 Å². The maximum atomic E-state index is 9.20. The third-order valence-electron chi connectivity index (χ3n) is 3.56. The van der Waals surface area contributed by atoms with Gasteiger partial charge in [0.15, 0.2) is 0 Å². The molecule has 1 fully saturated rings. The normalized spacial score (nSPS) is 20.7. The lowest BCUT2D eigenvalue weighted by Gasteiger charge is -2.28. The molecule has 1 aliphatic rings. The lowest BCUT2D eigenvalue weighted by Crippen LogP contribution is -2.26. The third kappa shape index (κ3) is 2.72. The van der Waals surface area contributed by atoms with Crippen molar-refractivity contribution >= 4 is 0 Å². The molecule has 1 rings (SSSR count). The van der Waals surface area contributed by atoms with E-state index in [0.29, 0.717) is 0 Å². The number of methoxy groups -OCH3 is 1. The van der Waals surface area contributed by atoms with Gasteiger partial charge < -0.3 is 4.74 Å². The van der Waals surface area contributed by atoms with E-state index in [-0.39, 0.29) is 11.0 Å². The second kappa shape index (κ2) is 4.31. The number of nitriles is 1. The summed E-state index contributed by atoms with van der Waals surface area (Å²) in [6.07, 6.45) is 6.59. The van der Waals surface area contributed by atoms with Crippen molar-refractivity contribution in [2.45, 2.75) is 58.0 Å². The Morgan fingerprint density at radius 3 is 2.36 bits per heavy atom. The second-order valence-corrected chi connectivity index (χ2v) is 5.06. The predicted molar refractivity (Wildman–Crippen MR) is 56.8 cm³/mol. The van der Waals surface area contributed by atoms with Gasteiger partial charge in [0, 0.05) is 7.11 Å². The number of nitrogens with zero attached hydrogens (tertiary/aromatic N) is 1. The van der Waals surface area contributed by atoms with Gasteiger partial charge in [0.1, 0.15) is 0 Å². The Morgan fingerprint density at radius 1 is 1.36 bits per heavy atom. The van der Waals surface area contributed by atoms with Crippen LogP contribution in [0.4, 0.5) is 0 Å². The van der Waals surface area contributed by atoms with Crippen LogP contribution in [-0.4, -0.2) is 12.7 Å². The van der Waals surface area contributed by atoms with Crippen LogP contribution in [0.1, 0.15) is 52.4 Å². The summed E-state index contributed by atoms with van der Waals surface area (Å²) < 4.78 is 5.38. The molecule has 1 aliphatic carbocycles. The fourth-order valence-electron chi connectivity index (χ4n) is 2.11. The predicted octanol–water partition coefficient (Wildman–Crippen LogP) is 3.28. The van der Waals surface area contributed by atoms with Crippen molar-refractivity contribution in [3.63, 3.8) is 0 Å². The minimum atomic E-state index is -0.0769. The van der Waals surface area contributed by atoms with Crippen molar-refractivity contribution in [3.05, 3.63) is 0 Å². The summed E-state index contributed by atoms with van der Waals surface area (Å²) in [6, 6.07) is 2.52. The van der Waals surface area contributed by atoms with Gasteiger partial charge in [0.25, 0.3) is 0 Å². The maximum Gasteiger partial charge on any atom is 0.0689 e. The summed E-state index contributed by atoms with van der Waals surface area (Å²) in [5.41, 5.74) is -0.109. The van der Waals surface area contributed by atoms with Crippen LogP contribution < -0.4 is 0 Å². The van der Waals surface area contributed by atoms with E-state index in [1.807, 2.05) is 0 Å². The quantitative estimate of drug-likeness (QED) is 0.689. The molecule has 0 N–H and O–H groups in total. The van der Waals surface area contributed by atoms with Crippen LogP contribution in [0, 0.1) is 16.7 Å². The van der Waals surface area contributed by atoms with Crippen molar-refractivity contribution in [2.75, 3.05) is 7.11 Å². The van der Waals surface area contributed by atoms with Gasteiger partial charge in [-0.3, -0.25) is 0 Å². The second-order valence-electron chi connectivity index (χ2n) is 5.06. The molecule has 0 unspecified atom stereocenters. The largest absolute Gasteiger partial charge is 0.379 e. The number of hydrogen-bond donors (Lipinski definition) is 0. The Kier molecular flexibility index (Phi) is 3.55. The molecule has 2 nitrogen and oxygen atoms in total. The van der Waals surface area contributed by atoms with Crippen molar-refractivity contribution in [3.8, 4) is 6.07 Å². The molecule has 0 saturated heterocycles. The van der Waals surface area contributed by atoms with E-state index in [1.54, 1.807) is 7.11 Å². The first-order valence-corrected chi connectivity index (χ1v) is 5.50. The standard InChI is InChI=1S/C12H21NO/c1-11(2,14-3)8-9-12(10-13)6-4-5-7-12/h4-9H2,1-3H3. The molecule has 0 aromatic rings. The van der Waals surface area contributed by atoms with Crippen molar-refractivity contribution in [2.24, 2.45) is 5.41 Å². The minimum Gasteiger partial charge on any atom is -0.379 e. The van der Waals surface area contributed by atoms with E-state index in [1.165, 1.54) is 12.8 Å². The molecule has 0 heterocycles. The number of hydrogen-bond acceptors (Lipinski definition) is 2. The molecule has 0 radical (unpaired) electrons. The molecule has 0 spiro atoms. The third-order valence-corrected chi connectivity index (χ3v) is 3.56. The molecule has 14 heavy (non-hydrogen) atoms. The zero-order valence-electron chi connectivity index (χ0n) is 9.60. The highest BCUT2D eigenvalue weighted by Gasteiger charge is 2.35. The molecule has 0 aliphatic heterocycles. The van der Waals surface area contributed by atoms with Crippen LogP contribution >= 0.6 is 0 Å². The van der Waals surface area contributed by atoms with E-state index in [9.17, 15) is 5.26 Å². The van der Waals surface area contributed by atoms with Gasteiger partial charge in [-0.15, -0.1) is 0 Å². The van der Waals surface area contributed by atoms with E-state index in [2.05, 4.69) is 19.9 Å². The molecule has 0 bridgehead atoms. The van der Waals surface area contributed by atoms with Crippen LogP contribution in [-0.2, 0) is 4.74 Å². The van der Waals surface area contributed by atoms with E-state index in [4.69, 9.17) is 4.74 Å². The first kappa shape index (κ1) is 11.5. The van der Waals surface area contributed by atoms with Gasteiger partial charge in [-0.25, -0.2) is 0 Å². The van der Waals surface area contributed by atoms with Crippen LogP contribution in [0.15, 0.2) is 0 Å². The smallest absolute Gasteiger partial charge is 0.0689 e. The van der Waals surface area contributed by atoms with E-state index >= 15 is 0 Å². The Labute approximate surface area is 87.3 Å². The SMILES string of the molecule is COC(C)(C)CCC1(C#N)CCCC1. The molecular weight excluding hydrogens is 174 g/mol. The summed E-state index contributed by atoms with van der Waals surface area (Å²) in [7, 11) is 1.74. The van der Waals surface area contributed by atoms with Crippen LogP contribution in [0.5, 0.6) is 0 Å². The molecular formula is C12H21NO. The van der Waals surface area contributed by atoms with E-state index < -0.39 is 0 Å². The lowest BCUT2D eigenvalue weighted by atomic mass is 9.80. The molecule has 2 heteroatoms. The van der Waals surface area contributed by atoms with Crippen molar-refractivity contribution in [1.29, 1.82) is 5.26 Å². The average Bonchev–Trinajstić information content (AvgIpc) is 2.65. The van der Waals surface area contributed by atoms with Gasteiger partial charge in [0.05, 0.1) is 17.1 Å². The topological polar surface area (TPSA) is 33.0 Å². The Morgan fingerprint density at radius 2 is 1.93 bits per heavy atom. The maximum absolute atomic E-state index is 9.20. The first-order chi connectivity index (χ1) is 6.54. The van der Waals surface area contributed by atoms with Gasteiger partial charge in [-0.2, -0.15) is 5.26 Å². The lowest BCUT2D eigenvalue weighted by molar-refractivity contribution is 0.00742. The highest BCUT2D eigenvalue weighted by atomic mass is 16.5. The van der Waals surface area contributed by atoms with Gasteiger partial charge >= 0.3 is 0 Å². The average molecular weight is 195 g/mol. The summed E-state index contributed by atoms with van der Waals surface area (Å²) in [4.78, 5) is 0. The molecule has 1 saturated carbocycles. The van der Waals surface area contributed by atoms with Gasteiger partial charge in [-0.1, -0.05) is 12.8 Å². The zero-order chi connectivity index (χ0) is 10.7. The van der Waals surface area contributed by atoms with Gasteiger partial charge in [0.2, 0.25) is 0 Å². The Bertz CT molecular complexity index is 221. The minimum absolute atomic E-state index is 0.0319. The summed E-state index contributed by atoms with van der Waals surface area (Å²) >= 11 is 0. The van der Waals surface area contributed by atoms with Crippen molar-refractivity contribution < 1.29 is 4.74 Å². The van der Waals surface area contributed by atoms with Crippen LogP contribution in [0.25, 0.3) is 0 Å². The van der Waals surface area contributed by atoms with E-state index in [0.717, 1.165) is 25.7 Å². The Balaban J connectivity index is 2.47. The van der Waals surface area contributed by atoms with Crippen LogP contribution in [0.2, 0.25) is 0 Å². The fourth-order valence-corrected chi connectivity index (χ4v) is 2.11. The van der Waals surface area contributed by atoms with Crippen molar-refractivity contribution in [1.82, 2.24) is 0 Å². The summed E-state index contributed by atoms with van der Waals surface area (Å²) in [5.74, 6) is 0. The molecule has 0 atom stereocenters. The highest BCUT2D eigenvalue weighted by Crippen LogP contribution is 2.42. The molecule has 0 amide bonds. The molecule has 0 aromatic carbocycles. The summed E-state index contributed by atoms with van der Waals surface area (Å²) in [5, 5.41) is 9.20. The molecule has 80 valence electrons. The monoisotopic (exact) mass is 195 g/mol. The summed E-state index contributed by atoms with van der Waals surface area (Å²) in [6.45, 7) is 4.18. The Hall–Kier alpha value is -0.550. The zero-order valence-corrected chi connectivity index (χ0v) is 9.60. The highest BCUT2D eigenvalue weighted by molar-refractivity contribution is 5.02. The number of ether oxygens (including phenoxy) is 1. The van der Waals surface area contributed by atoms with Crippen LogP contribution in [0.3, 0.4) is 0 Å². The molecule has 0 aromatic heterocycles. The number of rotatable bonds is 4. The fraction of sp³-hybridized carbons (Fsp3) is 0.917. The first-order valence-electron chi connectivity index (χ1n) is 5.50.